The molecule has 0 bridgehead atoms. The molecule has 1 unspecified atom stereocenters. The van der Waals surface area contributed by atoms with Gasteiger partial charge in [0.05, 0.1) is 25.9 Å². The second kappa shape index (κ2) is 13.8. The molecule has 9 heteroatoms. The lowest BCUT2D eigenvalue weighted by Crippen LogP contribution is -2.60. The van der Waals surface area contributed by atoms with Gasteiger partial charge in [0, 0.05) is 0 Å². The number of rotatable bonds is 10. The molecule has 0 aromatic heterocycles. The maximum atomic E-state index is 8.15. The Morgan fingerprint density at radius 2 is 1.08 bits per heavy atom. The first-order chi connectivity index (χ1) is 18.3. The molecule has 0 aliphatic carbocycles. The van der Waals surface area contributed by atoms with Crippen molar-refractivity contribution in [2.45, 2.75) is 61.2 Å². The number of alkyl halides is 3. The monoisotopic (exact) mass is 577 g/mol. The largest absolute Gasteiger partial charge is 0.445 e. The summed E-state index contributed by atoms with van der Waals surface area (Å²) >= 11 is 17.7. The first-order valence-electron chi connectivity index (χ1n) is 12.3. The van der Waals surface area contributed by atoms with Crippen LogP contribution in [0.5, 0.6) is 0 Å². The third-order valence-corrected chi connectivity index (χ3v) is 6.59. The van der Waals surface area contributed by atoms with E-state index >= 15 is 0 Å². The highest BCUT2D eigenvalue weighted by Crippen LogP contribution is 2.34. The lowest BCUT2D eigenvalue weighted by Gasteiger charge is -2.45. The van der Waals surface area contributed by atoms with Crippen LogP contribution in [-0.4, -0.2) is 40.4 Å². The van der Waals surface area contributed by atoms with Crippen molar-refractivity contribution in [3.8, 4) is 0 Å². The minimum atomic E-state index is -2.06. The van der Waals surface area contributed by atoms with E-state index in [0.717, 1.165) is 16.7 Å². The van der Waals surface area contributed by atoms with Crippen LogP contribution in [0.25, 0.3) is 0 Å². The molecule has 0 saturated carbocycles. The molecule has 0 radical (unpaired) electrons. The van der Waals surface area contributed by atoms with Gasteiger partial charge >= 0.3 is 0 Å². The van der Waals surface area contributed by atoms with Gasteiger partial charge in [-0.05, 0) is 23.6 Å². The van der Waals surface area contributed by atoms with Gasteiger partial charge in [0.2, 0.25) is 12.2 Å². The lowest BCUT2D eigenvalue weighted by atomic mass is 9.98. The predicted molar refractivity (Wildman–Crippen MR) is 148 cm³/mol. The molecule has 1 aliphatic rings. The van der Waals surface area contributed by atoms with Gasteiger partial charge in [-0.2, -0.15) is 0 Å². The van der Waals surface area contributed by atoms with Gasteiger partial charge in [0.1, 0.15) is 18.3 Å². The SMILES string of the molecule is C[C@H]1OC(OC(=N)C(Cl)(Cl)Cl)[C@H](OCc2ccccc2)[C@@H](OCc2ccccc2)[C@H]1OCc1ccccc1. The van der Waals surface area contributed by atoms with E-state index in [1.54, 1.807) is 0 Å². The van der Waals surface area contributed by atoms with Gasteiger partial charge in [0.15, 0.2) is 0 Å². The van der Waals surface area contributed by atoms with Crippen molar-refractivity contribution in [3.05, 3.63) is 108 Å². The molecule has 3 aromatic rings. The number of hydrogen-bond acceptors (Lipinski definition) is 6. The number of nitrogens with one attached hydrogen (secondary N) is 1. The molecule has 0 amide bonds. The van der Waals surface area contributed by atoms with Gasteiger partial charge < -0.3 is 23.7 Å². The predicted octanol–water partition coefficient (Wildman–Crippen LogP) is 6.85. The Morgan fingerprint density at radius 1 is 0.684 bits per heavy atom. The zero-order valence-corrected chi connectivity index (χ0v) is 23.1. The summed E-state index contributed by atoms with van der Waals surface area (Å²) in [6, 6.07) is 29.4. The van der Waals surface area contributed by atoms with E-state index in [1.165, 1.54) is 0 Å². The maximum absolute atomic E-state index is 8.15. The maximum Gasteiger partial charge on any atom is 0.265 e. The van der Waals surface area contributed by atoms with Crippen LogP contribution in [0.4, 0.5) is 0 Å². The van der Waals surface area contributed by atoms with Crippen molar-refractivity contribution in [1.29, 1.82) is 5.41 Å². The summed E-state index contributed by atoms with van der Waals surface area (Å²) in [6.45, 7) is 2.77. The van der Waals surface area contributed by atoms with Crippen LogP contribution in [0.2, 0.25) is 0 Å². The molecule has 1 heterocycles. The van der Waals surface area contributed by atoms with Crippen molar-refractivity contribution >= 4 is 40.7 Å². The third-order valence-electron chi connectivity index (χ3n) is 6.07. The van der Waals surface area contributed by atoms with Crippen molar-refractivity contribution in [3.63, 3.8) is 0 Å². The molecule has 5 atom stereocenters. The molecule has 1 N–H and O–H groups in total. The van der Waals surface area contributed by atoms with Gasteiger partial charge in [-0.1, -0.05) is 126 Å². The number of halogens is 3. The Balaban J connectivity index is 1.61. The smallest absolute Gasteiger partial charge is 0.265 e. The molecular weight excluding hydrogens is 549 g/mol. The molecule has 1 fully saturated rings. The number of hydrogen-bond donors (Lipinski definition) is 1. The molecule has 4 rings (SSSR count). The standard InChI is InChI=1S/C29H30Cl3NO5/c1-20-24(34-17-21-11-5-2-6-12-21)25(35-18-22-13-7-3-8-14-22)26(36-19-23-15-9-4-10-16-23)27(37-20)38-28(33)29(30,31)32/h2-16,20,24-27,33H,17-19H2,1H3/t20-,24+,25+,26-,27?/m1/s1. The fourth-order valence-electron chi connectivity index (χ4n) is 4.15. The van der Waals surface area contributed by atoms with Crippen molar-refractivity contribution in [2.75, 3.05) is 0 Å². The van der Waals surface area contributed by atoms with Crippen molar-refractivity contribution in [2.24, 2.45) is 0 Å². The lowest BCUT2D eigenvalue weighted by molar-refractivity contribution is -0.304. The van der Waals surface area contributed by atoms with Crippen LogP contribution < -0.4 is 0 Å². The van der Waals surface area contributed by atoms with E-state index < -0.39 is 40.4 Å². The molecule has 3 aromatic carbocycles. The summed E-state index contributed by atoms with van der Waals surface area (Å²) in [5.74, 6) is -0.571. The topological polar surface area (TPSA) is 70.0 Å². The summed E-state index contributed by atoms with van der Waals surface area (Å²) in [5, 5.41) is 8.15. The molecule has 6 nitrogen and oxygen atoms in total. The fourth-order valence-corrected chi connectivity index (χ4v) is 4.28. The first kappa shape index (κ1) is 28.8. The zero-order valence-electron chi connectivity index (χ0n) is 20.8. The summed E-state index contributed by atoms with van der Waals surface area (Å²) in [5.41, 5.74) is 2.95. The van der Waals surface area contributed by atoms with Crippen LogP contribution in [-0.2, 0) is 43.5 Å². The Kier molecular flexibility index (Phi) is 10.4. The third kappa shape index (κ3) is 8.17. The molecule has 1 saturated heterocycles. The van der Waals surface area contributed by atoms with E-state index in [4.69, 9.17) is 63.9 Å². The number of ether oxygens (including phenoxy) is 5. The quantitative estimate of drug-likeness (QED) is 0.162. The summed E-state index contributed by atoms with van der Waals surface area (Å²) < 4.78 is 29.0. The van der Waals surface area contributed by atoms with Crippen LogP contribution in [0.15, 0.2) is 91.0 Å². The highest BCUT2D eigenvalue weighted by molar-refractivity contribution is 6.76. The average molecular weight is 579 g/mol. The fraction of sp³-hybridized carbons (Fsp3) is 0.345. The molecule has 0 spiro atoms. The van der Waals surface area contributed by atoms with Crippen molar-refractivity contribution < 1.29 is 23.7 Å². The minimum Gasteiger partial charge on any atom is -0.445 e. The second-order valence-electron chi connectivity index (χ2n) is 8.94. The van der Waals surface area contributed by atoms with E-state index in [2.05, 4.69) is 0 Å². The summed E-state index contributed by atoms with van der Waals surface area (Å²) in [7, 11) is 0. The highest BCUT2D eigenvalue weighted by Gasteiger charge is 2.49. The van der Waals surface area contributed by atoms with E-state index in [-0.39, 0.29) is 6.61 Å². The Morgan fingerprint density at radius 3 is 1.50 bits per heavy atom. The van der Waals surface area contributed by atoms with Gasteiger partial charge in [-0.25, -0.2) is 0 Å². The second-order valence-corrected chi connectivity index (χ2v) is 11.2. The van der Waals surface area contributed by atoms with Crippen LogP contribution in [0, 0.1) is 5.41 Å². The molecular formula is C29H30Cl3NO5. The van der Waals surface area contributed by atoms with Crippen LogP contribution in [0.1, 0.15) is 23.6 Å². The van der Waals surface area contributed by atoms with Gasteiger partial charge in [-0.3, -0.25) is 5.41 Å². The first-order valence-corrected chi connectivity index (χ1v) is 13.4. The van der Waals surface area contributed by atoms with Crippen LogP contribution >= 0.6 is 34.8 Å². The van der Waals surface area contributed by atoms with E-state index in [0.29, 0.717) is 13.2 Å². The average Bonchev–Trinajstić information content (AvgIpc) is 2.92. The van der Waals surface area contributed by atoms with Gasteiger partial charge in [0.25, 0.3) is 3.79 Å². The zero-order chi connectivity index (χ0) is 27.0. The highest BCUT2D eigenvalue weighted by atomic mass is 35.6. The Bertz CT molecular complexity index is 1130. The van der Waals surface area contributed by atoms with E-state index in [9.17, 15) is 0 Å². The number of benzene rings is 3. The summed E-state index contributed by atoms with van der Waals surface area (Å²) in [4.78, 5) is 0. The summed E-state index contributed by atoms with van der Waals surface area (Å²) in [6.07, 6.45) is -3.50. The van der Waals surface area contributed by atoms with Gasteiger partial charge in [-0.15, -0.1) is 0 Å². The molecule has 202 valence electrons. The Hall–Kier alpha value is -2.16. The van der Waals surface area contributed by atoms with Crippen LogP contribution in [0.3, 0.4) is 0 Å². The molecule has 1 aliphatic heterocycles. The normalized spacial score (nSPS) is 23.6. The van der Waals surface area contributed by atoms with E-state index in [1.807, 2.05) is 97.9 Å². The Labute approximate surface area is 238 Å². The molecule has 38 heavy (non-hydrogen) atoms. The minimum absolute atomic E-state index is 0.251. The van der Waals surface area contributed by atoms with Crippen molar-refractivity contribution in [1.82, 2.24) is 0 Å².